The first-order chi connectivity index (χ1) is 10.0. The number of aliphatic hydroxyl groups is 1. The van der Waals surface area contributed by atoms with Gasteiger partial charge in [0.2, 0.25) is 0 Å². The Kier molecular flexibility index (Phi) is 5.09. The van der Waals surface area contributed by atoms with Gasteiger partial charge in [-0.2, -0.15) is 0 Å². The fourth-order valence-corrected chi connectivity index (χ4v) is 2.49. The summed E-state index contributed by atoms with van der Waals surface area (Å²) in [5.74, 6) is 0.490. The maximum Gasteiger partial charge on any atom is 0.138 e. The fraction of sp³-hybridized carbons (Fsp3) is 0.438. The van der Waals surface area contributed by atoms with Crippen molar-refractivity contribution in [1.82, 2.24) is 10.5 Å². The zero-order chi connectivity index (χ0) is 15.4. The molecule has 0 saturated heterocycles. The quantitative estimate of drug-likeness (QED) is 0.858. The zero-order valence-electron chi connectivity index (χ0n) is 12.6. The number of nitrogens with one attached hydrogen (secondary N) is 1. The van der Waals surface area contributed by atoms with Crippen molar-refractivity contribution >= 4 is 0 Å². The number of nitrogens with zero attached hydrogens (tertiary/aromatic N) is 1. The average molecular weight is 292 g/mol. The molecule has 21 heavy (non-hydrogen) atoms. The van der Waals surface area contributed by atoms with Gasteiger partial charge in [-0.3, -0.25) is 0 Å². The zero-order valence-corrected chi connectivity index (χ0v) is 12.6. The molecule has 2 aromatic rings. The minimum absolute atomic E-state index is 0.0753. The lowest BCUT2D eigenvalue weighted by Crippen LogP contribution is -2.26. The molecule has 2 rings (SSSR count). The molecule has 0 aliphatic heterocycles. The Morgan fingerprint density at radius 1 is 1.29 bits per heavy atom. The maximum absolute atomic E-state index is 12.9. The predicted molar refractivity (Wildman–Crippen MR) is 78.4 cm³/mol. The maximum atomic E-state index is 12.9. The molecule has 1 aromatic heterocycles. The lowest BCUT2D eigenvalue weighted by atomic mass is 10.0. The topological polar surface area (TPSA) is 58.3 Å². The van der Waals surface area contributed by atoms with E-state index in [1.54, 1.807) is 12.1 Å². The second kappa shape index (κ2) is 6.83. The van der Waals surface area contributed by atoms with Crippen LogP contribution in [0.25, 0.3) is 0 Å². The van der Waals surface area contributed by atoms with Crippen molar-refractivity contribution in [3.63, 3.8) is 0 Å². The number of hydrogen-bond donors (Lipinski definition) is 2. The van der Waals surface area contributed by atoms with Gasteiger partial charge in [0, 0.05) is 18.2 Å². The molecule has 1 aromatic carbocycles. The molecule has 0 bridgehead atoms. The summed E-state index contributed by atoms with van der Waals surface area (Å²) in [4.78, 5) is 0. The van der Waals surface area contributed by atoms with E-state index in [4.69, 9.17) is 4.52 Å². The molecular weight excluding hydrogens is 271 g/mol. The van der Waals surface area contributed by atoms with Crippen molar-refractivity contribution in [1.29, 1.82) is 0 Å². The van der Waals surface area contributed by atoms with Crippen LogP contribution in [0.5, 0.6) is 0 Å². The molecule has 0 saturated carbocycles. The van der Waals surface area contributed by atoms with E-state index < -0.39 is 6.10 Å². The van der Waals surface area contributed by atoms with Crippen molar-refractivity contribution in [3.05, 3.63) is 52.7 Å². The summed E-state index contributed by atoms with van der Waals surface area (Å²) >= 11 is 0. The number of rotatable bonds is 6. The Bertz CT molecular complexity index is 561. The summed E-state index contributed by atoms with van der Waals surface area (Å²) in [7, 11) is 0. The summed E-state index contributed by atoms with van der Waals surface area (Å²) < 4.78 is 18.1. The second-order valence-corrected chi connectivity index (χ2v) is 5.17. The van der Waals surface area contributed by atoms with Crippen molar-refractivity contribution in [2.75, 3.05) is 6.54 Å². The first-order valence-corrected chi connectivity index (χ1v) is 7.12. The second-order valence-electron chi connectivity index (χ2n) is 5.17. The number of benzene rings is 1. The van der Waals surface area contributed by atoms with E-state index in [9.17, 15) is 9.50 Å². The fourth-order valence-electron chi connectivity index (χ4n) is 2.49. The van der Waals surface area contributed by atoms with Gasteiger partial charge in [-0.25, -0.2) is 4.39 Å². The molecule has 0 unspecified atom stereocenters. The van der Waals surface area contributed by atoms with Crippen molar-refractivity contribution < 1.29 is 14.0 Å². The van der Waals surface area contributed by atoms with Gasteiger partial charge >= 0.3 is 0 Å². The number of aliphatic hydroxyl groups excluding tert-OH is 1. The van der Waals surface area contributed by atoms with Crippen LogP contribution in [-0.2, 0) is 0 Å². The summed E-state index contributed by atoms with van der Waals surface area (Å²) in [6.45, 7) is 6.24. The molecule has 0 aliphatic rings. The van der Waals surface area contributed by atoms with Gasteiger partial charge in [-0.15, -0.1) is 0 Å². The molecule has 0 radical (unpaired) electrons. The molecule has 0 fully saturated rings. The molecule has 0 spiro atoms. The third kappa shape index (κ3) is 3.68. The SMILES string of the molecule is CC[C@H](NC[C@H](O)c1ccc(F)cc1)c1c(C)noc1C. The van der Waals surface area contributed by atoms with Crippen LogP contribution in [0.4, 0.5) is 4.39 Å². The van der Waals surface area contributed by atoms with Gasteiger partial charge in [-0.1, -0.05) is 24.2 Å². The van der Waals surface area contributed by atoms with E-state index >= 15 is 0 Å². The van der Waals surface area contributed by atoms with Gasteiger partial charge in [0.1, 0.15) is 11.6 Å². The Balaban J connectivity index is 2.02. The number of aromatic nitrogens is 1. The highest BCUT2D eigenvalue weighted by atomic mass is 19.1. The first-order valence-electron chi connectivity index (χ1n) is 7.12. The highest BCUT2D eigenvalue weighted by molar-refractivity contribution is 5.25. The molecule has 114 valence electrons. The molecular formula is C16H21FN2O2. The standard InChI is InChI=1S/C16H21FN2O2/c1-4-14(16-10(2)19-21-11(16)3)18-9-15(20)12-5-7-13(17)8-6-12/h5-8,14-15,18,20H,4,9H2,1-3H3/t14-,15-/m0/s1. The van der Waals surface area contributed by atoms with Gasteiger partial charge in [-0.05, 0) is 38.0 Å². The van der Waals surface area contributed by atoms with Crippen LogP contribution in [0.3, 0.4) is 0 Å². The normalized spacial score (nSPS) is 14.1. The average Bonchev–Trinajstić information content (AvgIpc) is 2.80. The molecule has 2 atom stereocenters. The van der Waals surface area contributed by atoms with Crippen LogP contribution in [0.2, 0.25) is 0 Å². The largest absolute Gasteiger partial charge is 0.387 e. The van der Waals surface area contributed by atoms with Gasteiger partial charge in [0.25, 0.3) is 0 Å². The molecule has 0 aliphatic carbocycles. The van der Waals surface area contributed by atoms with E-state index in [1.807, 2.05) is 13.8 Å². The Morgan fingerprint density at radius 2 is 1.95 bits per heavy atom. The minimum atomic E-state index is -0.680. The summed E-state index contributed by atoms with van der Waals surface area (Å²) in [6, 6.07) is 5.97. The Hall–Kier alpha value is -1.72. The van der Waals surface area contributed by atoms with Crippen LogP contribution in [0, 0.1) is 19.7 Å². The van der Waals surface area contributed by atoms with Crippen molar-refractivity contribution in [2.24, 2.45) is 0 Å². The van der Waals surface area contributed by atoms with Crippen LogP contribution in [-0.4, -0.2) is 16.8 Å². The Morgan fingerprint density at radius 3 is 2.48 bits per heavy atom. The van der Waals surface area contributed by atoms with Crippen LogP contribution in [0.15, 0.2) is 28.8 Å². The smallest absolute Gasteiger partial charge is 0.138 e. The third-order valence-corrected chi connectivity index (χ3v) is 3.66. The first kappa shape index (κ1) is 15.7. The number of halogens is 1. The lowest BCUT2D eigenvalue weighted by Gasteiger charge is -2.19. The highest BCUT2D eigenvalue weighted by Crippen LogP contribution is 2.24. The lowest BCUT2D eigenvalue weighted by molar-refractivity contribution is 0.169. The number of hydrogen-bond acceptors (Lipinski definition) is 4. The van der Waals surface area contributed by atoms with Gasteiger partial charge in [0.15, 0.2) is 0 Å². The van der Waals surface area contributed by atoms with Gasteiger partial charge < -0.3 is 14.9 Å². The van der Waals surface area contributed by atoms with E-state index in [1.165, 1.54) is 12.1 Å². The van der Waals surface area contributed by atoms with E-state index in [-0.39, 0.29) is 11.9 Å². The third-order valence-electron chi connectivity index (χ3n) is 3.66. The van der Waals surface area contributed by atoms with E-state index in [2.05, 4.69) is 17.4 Å². The monoisotopic (exact) mass is 292 g/mol. The Labute approximate surface area is 124 Å². The highest BCUT2D eigenvalue weighted by Gasteiger charge is 2.19. The summed E-state index contributed by atoms with van der Waals surface area (Å²) in [6.07, 6.45) is 0.180. The van der Waals surface area contributed by atoms with E-state index in [0.29, 0.717) is 12.1 Å². The summed E-state index contributed by atoms with van der Waals surface area (Å²) in [5.41, 5.74) is 2.60. The molecule has 5 heteroatoms. The molecule has 1 heterocycles. The molecule has 2 N–H and O–H groups in total. The predicted octanol–water partition coefficient (Wildman–Crippen LogP) is 3.20. The molecule has 4 nitrogen and oxygen atoms in total. The van der Waals surface area contributed by atoms with Crippen molar-refractivity contribution in [3.8, 4) is 0 Å². The van der Waals surface area contributed by atoms with Crippen molar-refractivity contribution in [2.45, 2.75) is 39.3 Å². The number of aryl methyl sites for hydroxylation is 2. The van der Waals surface area contributed by atoms with E-state index in [0.717, 1.165) is 23.4 Å². The molecule has 0 amide bonds. The van der Waals surface area contributed by atoms with Crippen LogP contribution in [0.1, 0.15) is 48.1 Å². The minimum Gasteiger partial charge on any atom is -0.387 e. The van der Waals surface area contributed by atoms with Gasteiger partial charge in [0.05, 0.1) is 11.8 Å². The van der Waals surface area contributed by atoms with Crippen LogP contribution < -0.4 is 5.32 Å². The van der Waals surface area contributed by atoms with Crippen LogP contribution >= 0.6 is 0 Å². The summed E-state index contributed by atoms with van der Waals surface area (Å²) in [5, 5.41) is 17.5.